The van der Waals surface area contributed by atoms with Gasteiger partial charge in [-0.1, -0.05) is 0 Å². The highest BCUT2D eigenvalue weighted by atomic mass is 16.7. The second kappa shape index (κ2) is 1.73. The summed E-state index contributed by atoms with van der Waals surface area (Å²) in [5.74, 6) is -0.647. The van der Waals surface area contributed by atoms with E-state index >= 15 is 0 Å². The van der Waals surface area contributed by atoms with Gasteiger partial charge in [-0.15, -0.1) is 0 Å². The third kappa shape index (κ3) is 0.726. The second-order valence-corrected chi connectivity index (χ2v) is 1.22. The molecule has 0 fully saturated rings. The molecule has 1 aliphatic rings. The standard InChI is InChI=1S/C4H4NO3/c5-3(6)4-7-1-2-8-4/h1,4H,(H2,5,6). The van der Waals surface area contributed by atoms with Gasteiger partial charge in [0.1, 0.15) is 6.26 Å². The average Bonchev–Trinajstić information content (AvgIpc) is 2.12. The number of amides is 1. The van der Waals surface area contributed by atoms with E-state index in [9.17, 15) is 4.79 Å². The van der Waals surface area contributed by atoms with E-state index in [0.717, 1.165) is 6.26 Å². The number of ether oxygens (including phenoxy) is 2. The molecule has 1 heterocycles. The molecule has 1 rings (SSSR count). The van der Waals surface area contributed by atoms with Crippen LogP contribution in [0.15, 0.2) is 6.26 Å². The Bertz CT molecular complexity index is 123. The Morgan fingerprint density at radius 1 is 1.88 bits per heavy atom. The van der Waals surface area contributed by atoms with Crippen LogP contribution in [0.25, 0.3) is 0 Å². The molecule has 0 aliphatic carbocycles. The molecular weight excluding hydrogens is 110 g/mol. The third-order valence-electron chi connectivity index (χ3n) is 0.647. The van der Waals surface area contributed by atoms with Gasteiger partial charge in [0.05, 0.1) is 0 Å². The van der Waals surface area contributed by atoms with E-state index in [1.165, 1.54) is 0 Å². The Balaban J connectivity index is 2.41. The van der Waals surface area contributed by atoms with E-state index in [1.807, 2.05) is 0 Å². The number of primary amides is 1. The van der Waals surface area contributed by atoms with E-state index in [4.69, 9.17) is 5.73 Å². The summed E-state index contributed by atoms with van der Waals surface area (Å²) >= 11 is 0. The lowest BCUT2D eigenvalue weighted by Gasteiger charge is -2.01. The molecule has 0 saturated heterocycles. The van der Waals surface area contributed by atoms with Gasteiger partial charge in [0, 0.05) is 0 Å². The SMILES string of the molecule is NC(=O)C1O[C]=CO1. The quantitative estimate of drug-likeness (QED) is 0.481. The molecule has 43 valence electrons. The van der Waals surface area contributed by atoms with Crippen molar-refractivity contribution in [2.24, 2.45) is 5.73 Å². The highest BCUT2D eigenvalue weighted by Crippen LogP contribution is 2.01. The molecule has 0 aromatic rings. The molecule has 1 atom stereocenters. The fourth-order valence-electron chi connectivity index (χ4n) is 0.332. The number of carbonyl (C=O) groups excluding carboxylic acids is 1. The van der Waals surface area contributed by atoms with Crippen LogP contribution < -0.4 is 5.73 Å². The van der Waals surface area contributed by atoms with Crippen molar-refractivity contribution in [2.75, 3.05) is 0 Å². The molecule has 0 bridgehead atoms. The van der Waals surface area contributed by atoms with Crippen LogP contribution in [0.5, 0.6) is 0 Å². The Kier molecular flexibility index (Phi) is 1.07. The Morgan fingerprint density at radius 3 is 2.88 bits per heavy atom. The van der Waals surface area contributed by atoms with Crippen molar-refractivity contribution < 1.29 is 14.3 Å². The first-order valence-electron chi connectivity index (χ1n) is 1.98. The Morgan fingerprint density at radius 2 is 2.62 bits per heavy atom. The largest absolute Gasteiger partial charge is 0.450 e. The van der Waals surface area contributed by atoms with Gasteiger partial charge in [0.2, 0.25) is 6.26 Å². The Hall–Kier alpha value is -1.19. The topological polar surface area (TPSA) is 61.6 Å². The van der Waals surface area contributed by atoms with E-state index in [0.29, 0.717) is 0 Å². The van der Waals surface area contributed by atoms with E-state index in [1.54, 1.807) is 0 Å². The van der Waals surface area contributed by atoms with Crippen LogP contribution in [-0.2, 0) is 14.3 Å². The predicted molar refractivity (Wildman–Crippen MR) is 23.0 cm³/mol. The minimum atomic E-state index is -0.963. The van der Waals surface area contributed by atoms with Gasteiger partial charge in [-0.3, -0.25) is 4.79 Å². The van der Waals surface area contributed by atoms with Gasteiger partial charge < -0.3 is 15.2 Å². The summed E-state index contributed by atoms with van der Waals surface area (Å²) in [5, 5.41) is 0. The molecule has 1 amide bonds. The fraction of sp³-hybridized carbons (Fsp3) is 0.250. The zero-order chi connectivity index (χ0) is 5.98. The van der Waals surface area contributed by atoms with E-state index in [-0.39, 0.29) is 0 Å². The van der Waals surface area contributed by atoms with Gasteiger partial charge in [-0.05, 0) is 0 Å². The summed E-state index contributed by atoms with van der Waals surface area (Å²) in [4.78, 5) is 10.1. The summed E-state index contributed by atoms with van der Waals surface area (Å²) < 4.78 is 8.89. The van der Waals surface area contributed by atoms with Gasteiger partial charge in [-0.2, -0.15) is 0 Å². The zero-order valence-corrected chi connectivity index (χ0v) is 3.96. The normalized spacial score (nSPS) is 17.5. The second-order valence-electron chi connectivity index (χ2n) is 1.22. The molecule has 1 unspecified atom stereocenters. The lowest BCUT2D eigenvalue weighted by molar-refractivity contribution is -0.141. The van der Waals surface area contributed by atoms with Crippen LogP contribution in [0.1, 0.15) is 0 Å². The molecular formula is C4H4NO3. The number of nitrogens with two attached hydrogens (primary N) is 1. The maximum Gasteiger partial charge on any atom is 0.320 e. The van der Waals surface area contributed by atoms with Crippen LogP contribution in [-0.4, -0.2) is 12.2 Å². The van der Waals surface area contributed by atoms with Crippen LogP contribution in [0, 0.1) is 6.26 Å². The molecule has 0 saturated carbocycles. The average molecular weight is 114 g/mol. The smallest absolute Gasteiger partial charge is 0.320 e. The zero-order valence-electron chi connectivity index (χ0n) is 3.96. The monoisotopic (exact) mass is 114 g/mol. The summed E-state index contributed by atoms with van der Waals surface area (Å²) in [6, 6.07) is 0. The van der Waals surface area contributed by atoms with Gasteiger partial charge in [0.25, 0.3) is 5.91 Å². The molecule has 4 nitrogen and oxygen atoms in total. The summed E-state index contributed by atoms with van der Waals surface area (Å²) in [7, 11) is 0. The van der Waals surface area contributed by atoms with Gasteiger partial charge in [0.15, 0.2) is 0 Å². The lowest BCUT2D eigenvalue weighted by atomic mass is 10.6. The number of hydrogen-bond donors (Lipinski definition) is 1. The fourth-order valence-corrected chi connectivity index (χ4v) is 0.332. The van der Waals surface area contributed by atoms with E-state index < -0.39 is 12.2 Å². The van der Waals surface area contributed by atoms with Crippen molar-refractivity contribution in [1.29, 1.82) is 0 Å². The predicted octanol–water partition coefficient (Wildman–Crippen LogP) is -0.881. The lowest BCUT2D eigenvalue weighted by Crippen LogP contribution is -2.28. The summed E-state index contributed by atoms with van der Waals surface area (Å²) in [6.45, 7) is 0. The molecule has 2 N–H and O–H groups in total. The molecule has 1 aliphatic heterocycles. The molecule has 0 spiro atoms. The third-order valence-corrected chi connectivity index (χ3v) is 0.647. The van der Waals surface area contributed by atoms with E-state index in [2.05, 4.69) is 15.7 Å². The van der Waals surface area contributed by atoms with Crippen LogP contribution >= 0.6 is 0 Å². The minimum Gasteiger partial charge on any atom is -0.450 e. The van der Waals surface area contributed by atoms with Crippen LogP contribution in [0.4, 0.5) is 0 Å². The van der Waals surface area contributed by atoms with Crippen LogP contribution in [0.3, 0.4) is 0 Å². The first-order valence-corrected chi connectivity index (χ1v) is 1.98. The van der Waals surface area contributed by atoms with Crippen molar-refractivity contribution >= 4 is 5.91 Å². The molecule has 1 radical (unpaired) electrons. The number of hydrogen-bond acceptors (Lipinski definition) is 3. The Labute approximate surface area is 45.9 Å². The highest BCUT2D eigenvalue weighted by Gasteiger charge is 2.18. The maximum absolute atomic E-state index is 10.1. The van der Waals surface area contributed by atoms with Crippen LogP contribution in [0.2, 0.25) is 0 Å². The van der Waals surface area contributed by atoms with Crippen molar-refractivity contribution in [3.05, 3.63) is 12.5 Å². The highest BCUT2D eigenvalue weighted by molar-refractivity contribution is 5.77. The van der Waals surface area contributed by atoms with Crippen molar-refractivity contribution in [1.82, 2.24) is 0 Å². The number of carbonyl (C=O) groups is 1. The maximum atomic E-state index is 10.1. The van der Waals surface area contributed by atoms with Crippen molar-refractivity contribution in [3.63, 3.8) is 0 Å². The van der Waals surface area contributed by atoms with Gasteiger partial charge in [-0.25, -0.2) is 0 Å². The molecule has 8 heavy (non-hydrogen) atoms. The first-order chi connectivity index (χ1) is 3.80. The van der Waals surface area contributed by atoms with Crippen molar-refractivity contribution in [3.8, 4) is 0 Å². The molecule has 0 aromatic heterocycles. The number of rotatable bonds is 1. The molecule has 4 heteroatoms. The van der Waals surface area contributed by atoms with Gasteiger partial charge >= 0.3 is 6.29 Å². The van der Waals surface area contributed by atoms with Crippen molar-refractivity contribution in [2.45, 2.75) is 6.29 Å². The first kappa shape index (κ1) is 4.96. The summed E-state index contributed by atoms with van der Waals surface area (Å²) in [5.41, 5.74) is 4.75. The molecule has 0 aromatic carbocycles. The minimum absolute atomic E-state index is 0.647. The summed E-state index contributed by atoms with van der Waals surface area (Å²) in [6.07, 6.45) is 2.39.